The summed E-state index contributed by atoms with van der Waals surface area (Å²) in [5.41, 5.74) is 3.44. The molecule has 1 aliphatic rings. The summed E-state index contributed by atoms with van der Waals surface area (Å²) < 4.78 is 5.32. The minimum absolute atomic E-state index is 0.115. The monoisotopic (exact) mass is 355 g/mol. The fraction of sp³-hybridized carbons (Fsp3) is 0.278. The maximum Gasteiger partial charge on any atom is 0.326 e. The average molecular weight is 355 g/mol. The van der Waals surface area contributed by atoms with E-state index in [1.165, 1.54) is 0 Å². The molecule has 1 aromatic carbocycles. The van der Waals surface area contributed by atoms with Crippen molar-refractivity contribution in [3.05, 3.63) is 59.8 Å². The predicted molar refractivity (Wildman–Crippen MR) is 96.3 cm³/mol. The number of aromatic nitrogens is 1. The van der Waals surface area contributed by atoms with Crippen molar-refractivity contribution in [1.82, 2.24) is 15.3 Å². The molecule has 0 spiro atoms. The third kappa shape index (κ3) is 4.16. The molecule has 1 aromatic heterocycles. The van der Waals surface area contributed by atoms with Crippen LogP contribution < -0.4 is 16.2 Å². The van der Waals surface area contributed by atoms with E-state index < -0.39 is 0 Å². The number of hydrogen-bond acceptors (Lipinski definition) is 5. The smallest absolute Gasteiger partial charge is 0.326 e. The van der Waals surface area contributed by atoms with Crippen LogP contribution >= 0.6 is 0 Å². The van der Waals surface area contributed by atoms with Crippen LogP contribution in [0.5, 0.6) is 0 Å². The second-order valence-corrected chi connectivity index (χ2v) is 5.83. The highest BCUT2D eigenvalue weighted by atomic mass is 16.5. The molecule has 26 heavy (non-hydrogen) atoms. The van der Waals surface area contributed by atoms with E-state index in [4.69, 9.17) is 10.6 Å². The topological polar surface area (TPSA) is 101 Å². The van der Waals surface area contributed by atoms with Gasteiger partial charge in [0.2, 0.25) is 0 Å². The lowest BCUT2D eigenvalue weighted by Gasteiger charge is -2.32. The molecule has 0 aliphatic carbocycles. The van der Waals surface area contributed by atoms with Gasteiger partial charge in [-0.3, -0.25) is 15.1 Å². The number of anilines is 1. The van der Waals surface area contributed by atoms with Crippen LogP contribution in [0, 0.1) is 0 Å². The molecule has 2 heterocycles. The van der Waals surface area contributed by atoms with Gasteiger partial charge in [-0.2, -0.15) is 0 Å². The average Bonchev–Trinajstić information content (AvgIpc) is 2.72. The maximum atomic E-state index is 13.0. The van der Waals surface area contributed by atoms with Crippen molar-refractivity contribution >= 4 is 17.8 Å². The number of hydrogen-bond donors (Lipinski definition) is 2. The van der Waals surface area contributed by atoms with E-state index in [2.05, 4.69) is 10.4 Å². The lowest BCUT2D eigenvalue weighted by atomic mass is 10.1. The first-order valence-electron chi connectivity index (χ1n) is 8.34. The number of carbonyl (C=O) groups is 2. The SMILES string of the molecule is NNC(=O)c1ccc(CN(C(=O)N2CCOCC2)c2ccccn2)cc1. The largest absolute Gasteiger partial charge is 0.378 e. The number of urea groups is 1. The highest BCUT2D eigenvalue weighted by Crippen LogP contribution is 2.18. The van der Waals surface area contributed by atoms with Gasteiger partial charge in [0.05, 0.1) is 19.8 Å². The first-order chi connectivity index (χ1) is 12.7. The second-order valence-electron chi connectivity index (χ2n) is 5.83. The number of carbonyl (C=O) groups excluding carboxylic acids is 2. The zero-order valence-corrected chi connectivity index (χ0v) is 14.3. The number of nitrogens with one attached hydrogen (secondary N) is 1. The molecule has 8 nitrogen and oxygen atoms in total. The Hall–Kier alpha value is -2.97. The molecule has 3 amide bonds. The van der Waals surface area contributed by atoms with Crippen molar-refractivity contribution in [3.8, 4) is 0 Å². The summed E-state index contributed by atoms with van der Waals surface area (Å²) in [6.45, 7) is 2.52. The molecule has 0 saturated carbocycles. The fourth-order valence-electron chi connectivity index (χ4n) is 2.71. The van der Waals surface area contributed by atoms with Crippen LogP contribution in [0.1, 0.15) is 15.9 Å². The molecular formula is C18H21N5O3. The molecule has 136 valence electrons. The van der Waals surface area contributed by atoms with Gasteiger partial charge in [0.1, 0.15) is 5.82 Å². The molecule has 0 unspecified atom stereocenters. The Morgan fingerprint density at radius 2 is 1.88 bits per heavy atom. The van der Waals surface area contributed by atoms with Crippen LogP contribution in [-0.2, 0) is 11.3 Å². The first kappa shape index (κ1) is 17.8. The van der Waals surface area contributed by atoms with Crippen LogP contribution in [0.3, 0.4) is 0 Å². The van der Waals surface area contributed by atoms with Crippen LogP contribution in [0.15, 0.2) is 48.7 Å². The Morgan fingerprint density at radius 3 is 2.50 bits per heavy atom. The van der Waals surface area contributed by atoms with Gasteiger partial charge in [0.25, 0.3) is 5.91 Å². The molecule has 0 bridgehead atoms. The number of hydrazine groups is 1. The van der Waals surface area contributed by atoms with Gasteiger partial charge in [-0.25, -0.2) is 15.6 Å². The number of nitrogens with two attached hydrogens (primary N) is 1. The number of benzene rings is 1. The van der Waals surface area contributed by atoms with E-state index in [0.29, 0.717) is 44.2 Å². The van der Waals surface area contributed by atoms with Gasteiger partial charge in [-0.15, -0.1) is 0 Å². The molecule has 8 heteroatoms. The Morgan fingerprint density at radius 1 is 1.15 bits per heavy atom. The molecule has 0 atom stereocenters. The number of pyridine rings is 1. The quantitative estimate of drug-likeness (QED) is 0.487. The number of ether oxygens (including phenoxy) is 1. The maximum absolute atomic E-state index is 13.0. The molecule has 1 aliphatic heterocycles. The number of amides is 3. The Kier molecular flexibility index (Phi) is 5.77. The molecule has 1 fully saturated rings. The number of rotatable bonds is 4. The van der Waals surface area contributed by atoms with Crippen LogP contribution in [0.4, 0.5) is 10.6 Å². The Balaban J connectivity index is 1.81. The molecule has 2 aromatic rings. The molecule has 3 rings (SSSR count). The van der Waals surface area contributed by atoms with E-state index in [1.54, 1.807) is 52.4 Å². The first-order valence-corrected chi connectivity index (χ1v) is 8.34. The van der Waals surface area contributed by atoms with E-state index in [0.717, 1.165) is 5.56 Å². The number of morpholine rings is 1. The highest BCUT2D eigenvalue weighted by molar-refractivity contribution is 5.94. The summed E-state index contributed by atoms with van der Waals surface area (Å²) in [7, 11) is 0. The molecule has 1 saturated heterocycles. The molecular weight excluding hydrogens is 334 g/mol. The van der Waals surface area contributed by atoms with Crippen molar-refractivity contribution in [2.45, 2.75) is 6.54 Å². The molecule has 0 radical (unpaired) electrons. The summed E-state index contributed by atoms with van der Waals surface area (Å²) in [4.78, 5) is 32.3. The lowest BCUT2D eigenvalue weighted by Crippen LogP contribution is -2.48. The van der Waals surface area contributed by atoms with Crippen LogP contribution in [-0.4, -0.2) is 48.1 Å². The van der Waals surface area contributed by atoms with Crippen molar-refractivity contribution in [2.75, 3.05) is 31.2 Å². The van der Waals surface area contributed by atoms with Gasteiger partial charge in [0, 0.05) is 24.8 Å². The van der Waals surface area contributed by atoms with Gasteiger partial charge in [-0.1, -0.05) is 18.2 Å². The van der Waals surface area contributed by atoms with Gasteiger partial charge < -0.3 is 9.64 Å². The Bertz CT molecular complexity index is 745. The van der Waals surface area contributed by atoms with E-state index in [9.17, 15) is 9.59 Å². The van der Waals surface area contributed by atoms with Crippen molar-refractivity contribution in [1.29, 1.82) is 0 Å². The third-order valence-corrected chi connectivity index (χ3v) is 4.13. The van der Waals surface area contributed by atoms with E-state index in [1.807, 2.05) is 6.07 Å². The summed E-state index contributed by atoms with van der Waals surface area (Å²) in [6, 6.07) is 12.3. The number of nitrogen functional groups attached to an aromatic ring is 1. The second kappa shape index (κ2) is 8.41. The summed E-state index contributed by atoms with van der Waals surface area (Å²) in [6.07, 6.45) is 1.66. The molecule has 3 N–H and O–H groups in total. The summed E-state index contributed by atoms with van der Waals surface area (Å²) in [5, 5.41) is 0. The zero-order valence-electron chi connectivity index (χ0n) is 14.3. The highest BCUT2D eigenvalue weighted by Gasteiger charge is 2.25. The minimum Gasteiger partial charge on any atom is -0.378 e. The van der Waals surface area contributed by atoms with Crippen LogP contribution in [0.25, 0.3) is 0 Å². The normalized spacial score (nSPS) is 14.0. The van der Waals surface area contributed by atoms with E-state index >= 15 is 0 Å². The number of nitrogens with zero attached hydrogens (tertiary/aromatic N) is 3. The van der Waals surface area contributed by atoms with Crippen molar-refractivity contribution in [3.63, 3.8) is 0 Å². The third-order valence-electron chi connectivity index (χ3n) is 4.13. The summed E-state index contributed by atoms with van der Waals surface area (Å²) in [5.74, 6) is 5.36. The van der Waals surface area contributed by atoms with Crippen molar-refractivity contribution < 1.29 is 14.3 Å². The predicted octanol–water partition coefficient (Wildman–Crippen LogP) is 1.14. The van der Waals surface area contributed by atoms with Gasteiger partial charge in [0.15, 0.2) is 0 Å². The Labute approximate surface area is 151 Å². The van der Waals surface area contributed by atoms with Gasteiger partial charge >= 0.3 is 6.03 Å². The zero-order chi connectivity index (χ0) is 18.4. The lowest BCUT2D eigenvalue weighted by molar-refractivity contribution is 0.0547. The van der Waals surface area contributed by atoms with Crippen LogP contribution in [0.2, 0.25) is 0 Å². The fourth-order valence-corrected chi connectivity index (χ4v) is 2.71. The van der Waals surface area contributed by atoms with E-state index in [-0.39, 0.29) is 11.9 Å². The minimum atomic E-state index is -0.359. The summed E-state index contributed by atoms with van der Waals surface area (Å²) >= 11 is 0. The van der Waals surface area contributed by atoms with Crippen molar-refractivity contribution in [2.24, 2.45) is 5.84 Å². The standard InChI is InChI=1S/C18H21N5O3/c19-21-17(24)15-6-4-14(5-7-15)13-23(16-3-1-2-8-20-16)18(25)22-9-11-26-12-10-22/h1-8H,9-13,19H2,(H,21,24). The van der Waals surface area contributed by atoms with Gasteiger partial charge in [-0.05, 0) is 29.8 Å².